The molecule has 0 spiro atoms. The molecule has 6 nitrogen and oxygen atoms in total. The predicted molar refractivity (Wildman–Crippen MR) is 103 cm³/mol. The maximum absolute atomic E-state index is 12.7. The molecule has 1 atom stereocenters. The minimum absolute atomic E-state index is 0.0750. The molecule has 1 aliphatic rings. The van der Waals surface area contributed by atoms with Crippen LogP contribution in [0.4, 0.5) is 24.5 Å². The molecule has 0 aromatic heterocycles. The molecule has 1 fully saturated rings. The number of hydrogen-bond donors (Lipinski definition) is 1. The van der Waals surface area contributed by atoms with Gasteiger partial charge in [-0.3, -0.25) is 14.4 Å². The summed E-state index contributed by atoms with van der Waals surface area (Å²) >= 11 is 5.92. The van der Waals surface area contributed by atoms with Gasteiger partial charge in [-0.1, -0.05) is 23.7 Å². The van der Waals surface area contributed by atoms with Crippen LogP contribution in [0.5, 0.6) is 0 Å². The molecule has 0 unspecified atom stereocenters. The number of carbonyl (C=O) groups excluding carboxylic acids is 3. The molecule has 3 rings (SSSR count). The quantitative estimate of drug-likeness (QED) is 0.716. The fourth-order valence-electron chi connectivity index (χ4n) is 2.98. The van der Waals surface area contributed by atoms with Gasteiger partial charge in [-0.05, 0) is 36.4 Å². The normalized spacial score (nSPS) is 16.5. The van der Waals surface area contributed by atoms with Crippen molar-refractivity contribution in [2.75, 3.05) is 23.4 Å². The first kappa shape index (κ1) is 21.6. The highest BCUT2D eigenvalue weighted by atomic mass is 35.5. The van der Waals surface area contributed by atoms with Crippen molar-refractivity contribution in [2.45, 2.75) is 12.6 Å². The first-order valence-electron chi connectivity index (χ1n) is 8.83. The van der Waals surface area contributed by atoms with Crippen LogP contribution in [0, 0.1) is 5.92 Å². The molecule has 0 radical (unpaired) electrons. The van der Waals surface area contributed by atoms with Crippen LogP contribution in [0.2, 0.25) is 5.02 Å². The maximum Gasteiger partial charge on any atom is 0.416 e. The third kappa shape index (κ3) is 5.29. The minimum atomic E-state index is -4.54. The number of amides is 2. The number of alkyl halides is 3. The first-order valence-corrected chi connectivity index (χ1v) is 9.21. The van der Waals surface area contributed by atoms with Crippen molar-refractivity contribution >= 4 is 40.8 Å². The molecule has 10 heteroatoms. The maximum atomic E-state index is 12.7. The third-order valence-electron chi connectivity index (χ3n) is 4.40. The van der Waals surface area contributed by atoms with Gasteiger partial charge in [0.2, 0.25) is 5.91 Å². The first-order chi connectivity index (χ1) is 14.1. The summed E-state index contributed by atoms with van der Waals surface area (Å²) in [6.45, 7) is -0.607. The van der Waals surface area contributed by atoms with E-state index in [4.69, 9.17) is 16.3 Å². The lowest BCUT2D eigenvalue weighted by Gasteiger charge is -2.16. The molecular weight excluding hydrogens is 425 g/mol. The van der Waals surface area contributed by atoms with Crippen molar-refractivity contribution in [1.29, 1.82) is 0 Å². The Hall–Kier alpha value is -3.07. The number of hydrogen-bond acceptors (Lipinski definition) is 4. The van der Waals surface area contributed by atoms with Crippen molar-refractivity contribution in [1.82, 2.24) is 0 Å². The van der Waals surface area contributed by atoms with E-state index in [9.17, 15) is 27.6 Å². The highest BCUT2D eigenvalue weighted by Gasteiger charge is 2.36. The molecule has 1 saturated heterocycles. The molecule has 158 valence electrons. The summed E-state index contributed by atoms with van der Waals surface area (Å²) in [5.41, 5.74) is -0.443. The van der Waals surface area contributed by atoms with Crippen molar-refractivity contribution < 1.29 is 32.3 Å². The zero-order chi connectivity index (χ0) is 21.9. The average molecular weight is 441 g/mol. The fraction of sp³-hybridized carbons (Fsp3) is 0.250. The Morgan fingerprint density at radius 1 is 1.17 bits per heavy atom. The molecule has 30 heavy (non-hydrogen) atoms. The highest BCUT2D eigenvalue weighted by Crippen LogP contribution is 2.31. The van der Waals surface area contributed by atoms with Crippen LogP contribution in [0.15, 0.2) is 48.5 Å². The monoisotopic (exact) mass is 440 g/mol. The van der Waals surface area contributed by atoms with E-state index in [0.29, 0.717) is 10.7 Å². The number of rotatable bonds is 5. The van der Waals surface area contributed by atoms with E-state index in [1.807, 2.05) is 0 Å². The molecule has 1 heterocycles. The Morgan fingerprint density at radius 3 is 2.60 bits per heavy atom. The van der Waals surface area contributed by atoms with Crippen molar-refractivity contribution in [3.8, 4) is 0 Å². The Bertz CT molecular complexity index is 981. The summed E-state index contributed by atoms with van der Waals surface area (Å²) in [4.78, 5) is 37.7. The molecule has 1 N–H and O–H groups in total. The van der Waals surface area contributed by atoms with Gasteiger partial charge >= 0.3 is 12.1 Å². The molecule has 2 aromatic rings. The smallest absolute Gasteiger partial charge is 0.416 e. The average Bonchev–Trinajstić information content (AvgIpc) is 3.07. The number of nitrogens with one attached hydrogen (secondary N) is 1. The lowest BCUT2D eigenvalue weighted by atomic mass is 10.1. The van der Waals surface area contributed by atoms with Crippen molar-refractivity contribution in [2.24, 2.45) is 5.92 Å². The van der Waals surface area contributed by atoms with E-state index in [0.717, 1.165) is 18.2 Å². The van der Waals surface area contributed by atoms with Gasteiger partial charge < -0.3 is 15.0 Å². The highest BCUT2D eigenvalue weighted by molar-refractivity contribution is 6.31. The summed E-state index contributed by atoms with van der Waals surface area (Å²) in [7, 11) is 0. The molecular formula is C20H16ClF3N2O4. The van der Waals surface area contributed by atoms with E-state index in [1.54, 1.807) is 24.3 Å². The number of nitrogens with zero attached hydrogens (tertiary/aromatic N) is 1. The van der Waals surface area contributed by atoms with Gasteiger partial charge in [-0.2, -0.15) is 13.2 Å². The molecule has 1 aliphatic heterocycles. The zero-order valence-corrected chi connectivity index (χ0v) is 16.2. The lowest BCUT2D eigenvalue weighted by Crippen LogP contribution is -2.28. The van der Waals surface area contributed by atoms with Gasteiger partial charge in [0, 0.05) is 29.4 Å². The SMILES string of the molecule is O=C(COC(=O)[C@H]1CC(=O)N(c2cccc(Cl)c2)C1)Nc1cccc(C(F)(F)F)c1. The predicted octanol–water partition coefficient (Wildman–Crippen LogP) is 3.89. The second-order valence-corrected chi connectivity index (χ2v) is 7.06. The van der Waals surface area contributed by atoms with E-state index >= 15 is 0 Å². The van der Waals surface area contributed by atoms with Gasteiger partial charge in [0.15, 0.2) is 6.61 Å². The Morgan fingerprint density at radius 2 is 1.90 bits per heavy atom. The van der Waals surface area contributed by atoms with Crippen LogP contribution in [0.3, 0.4) is 0 Å². The summed E-state index contributed by atoms with van der Waals surface area (Å²) < 4.78 is 43.1. The van der Waals surface area contributed by atoms with E-state index in [1.165, 1.54) is 11.0 Å². The summed E-state index contributed by atoms with van der Waals surface area (Å²) in [6, 6.07) is 10.7. The second-order valence-electron chi connectivity index (χ2n) is 6.62. The summed E-state index contributed by atoms with van der Waals surface area (Å²) in [5, 5.41) is 2.68. The number of carbonyl (C=O) groups is 3. The Balaban J connectivity index is 1.53. The topological polar surface area (TPSA) is 75.7 Å². The largest absolute Gasteiger partial charge is 0.455 e. The van der Waals surface area contributed by atoms with Crippen LogP contribution in [-0.2, 0) is 25.3 Å². The summed E-state index contributed by atoms with van der Waals surface area (Å²) in [5.74, 6) is -2.59. The second kappa shape index (κ2) is 8.74. The van der Waals surface area contributed by atoms with Crippen LogP contribution >= 0.6 is 11.6 Å². The van der Waals surface area contributed by atoms with Crippen LogP contribution in [0.25, 0.3) is 0 Å². The van der Waals surface area contributed by atoms with Gasteiger partial charge in [0.25, 0.3) is 5.91 Å². The fourth-order valence-corrected chi connectivity index (χ4v) is 3.17. The third-order valence-corrected chi connectivity index (χ3v) is 4.63. The standard InChI is InChI=1S/C20H16ClF3N2O4/c21-14-4-2-6-16(9-14)26-10-12(7-18(26)28)19(29)30-11-17(27)25-15-5-1-3-13(8-15)20(22,23)24/h1-6,8-9,12H,7,10-11H2,(H,25,27)/t12-/m0/s1. The van der Waals surface area contributed by atoms with Crippen LogP contribution in [0.1, 0.15) is 12.0 Å². The number of halogens is 4. The molecule has 2 aromatic carbocycles. The number of anilines is 2. The van der Waals surface area contributed by atoms with Crippen molar-refractivity contribution in [3.63, 3.8) is 0 Å². The summed E-state index contributed by atoms with van der Waals surface area (Å²) in [6.07, 6.45) is -4.63. The van der Waals surface area contributed by atoms with E-state index in [-0.39, 0.29) is 24.6 Å². The van der Waals surface area contributed by atoms with Crippen molar-refractivity contribution in [3.05, 3.63) is 59.1 Å². The molecule has 2 amide bonds. The molecule has 0 saturated carbocycles. The van der Waals surface area contributed by atoms with E-state index < -0.39 is 36.1 Å². The van der Waals surface area contributed by atoms with Gasteiger partial charge in [0.05, 0.1) is 11.5 Å². The van der Waals surface area contributed by atoms with Crippen LogP contribution < -0.4 is 10.2 Å². The van der Waals surface area contributed by atoms with Gasteiger partial charge in [0.1, 0.15) is 0 Å². The Labute approximate surface area is 174 Å². The van der Waals surface area contributed by atoms with E-state index in [2.05, 4.69) is 5.32 Å². The number of ether oxygens (including phenoxy) is 1. The number of esters is 1. The molecule has 0 aliphatic carbocycles. The Kier molecular flexibility index (Phi) is 6.31. The van der Waals surface area contributed by atoms with Gasteiger partial charge in [-0.25, -0.2) is 0 Å². The molecule has 0 bridgehead atoms. The van der Waals surface area contributed by atoms with Crippen LogP contribution in [-0.4, -0.2) is 30.9 Å². The lowest BCUT2D eigenvalue weighted by molar-refractivity contribution is -0.151. The van der Waals surface area contributed by atoms with Gasteiger partial charge in [-0.15, -0.1) is 0 Å². The number of benzene rings is 2. The minimum Gasteiger partial charge on any atom is -0.455 e. The zero-order valence-electron chi connectivity index (χ0n) is 15.4.